The highest BCUT2D eigenvalue weighted by Crippen LogP contribution is 2.21. The van der Waals surface area contributed by atoms with Crippen molar-refractivity contribution in [2.24, 2.45) is 4.99 Å². The molecule has 0 aliphatic carbocycles. The Kier molecular flexibility index (Phi) is 4.51. The van der Waals surface area contributed by atoms with Crippen LogP contribution in [0.5, 0.6) is 0 Å². The molecule has 1 amide bonds. The van der Waals surface area contributed by atoms with Crippen LogP contribution in [-0.2, 0) is 4.79 Å². The molecule has 0 aliphatic rings. The summed E-state index contributed by atoms with van der Waals surface area (Å²) in [5.74, 6) is -1.43. The summed E-state index contributed by atoms with van der Waals surface area (Å²) in [5.41, 5.74) is 1.13. The third-order valence-electron chi connectivity index (χ3n) is 3.57. The van der Waals surface area contributed by atoms with E-state index in [-0.39, 0.29) is 0 Å². The minimum absolute atomic E-state index is 0.353. The molecule has 24 heavy (non-hydrogen) atoms. The van der Waals surface area contributed by atoms with Gasteiger partial charge in [0.25, 0.3) is 5.91 Å². The Morgan fingerprint density at radius 2 is 1.83 bits per heavy atom. The Morgan fingerprint density at radius 3 is 2.50 bits per heavy atom. The van der Waals surface area contributed by atoms with Gasteiger partial charge in [0.2, 0.25) is 0 Å². The van der Waals surface area contributed by atoms with Crippen molar-refractivity contribution in [3.05, 3.63) is 63.9 Å². The van der Waals surface area contributed by atoms with E-state index in [1.54, 1.807) is 35.8 Å². The van der Waals surface area contributed by atoms with Crippen LogP contribution in [0.25, 0.3) is 10.2 Å². The molecular formula is C17H13ClN2O3S. The van der Waals surface area contributed by atoms with Crippen LogP contribution in [0.1, 0.15) is 23.3 Å². The number of carboxylic acid groups (broad SMARTS) is 1. The first-order valence-corrected chi connectivity index (χ1v) is 8.34. The smallest absolute Gasteiger partial charge is 0.326 e. The van der Waals surface area contributed by atoms with Crippen molar-refractivity contribution in [3.8, 4) is 0 Å². The van der Waals surface area contributed by atoms with Crippen LogP contribution in [-0.4, -0.2) is 21.6 Å². The first-order chi connectivity index (χ1) is 11.5. The second-order valence-corrected chi connectivity index (χ2v) is 6.61. The van der Waals surface area contributed by atoms with E-state index in [4.69, 9.17) is 11.6 Å². The molecule has 7 heteroatoms. The van der Waals surface area contributed by atoms with Gasteiger partial charge in [0.05, 0.1) is 10.2 Å². The van der Waals surface area contributed by atoms with Crippen molar-refractivity contribution < 1.29 is 14.7 Å². The van der Waals surface area contributed by atoms with Crippen molar-refractivity contribution in [1.29, 1.82) is 0 Å². The number of carbonyl (C=O) groups is 2. The summed E-state index contributed by atoms with van der Waals surface area (Å²) >= 11 is 7.10. The lowest BCUT2D eigenvalue weighted by molar-refractivity contribution is -0.140. The first kappa shape index (κ1) is 16.4. The van der Waals surface area contributed by atoms with Gasteiger partial charge in [-0.3, -0.25) is 4.79 Å². The number of amides is 1. The number of benzene rings is 2. The highest BCUT2D eigenvalue weighted by molar-refractivity contribution is 7.16. The van der Waals surface area contributed by atoms with E-state index in [1.165, 1.54) is 11.3 Å². The van der Waals surface area contributed by atoms with Gasteiger partial charge in [0, 0.05) is 10.6 Å². The van der Waals surface area contributed by atoms with Gasteiger partial charge in [-0.15, -0.1) is 0 Å². The number of nitrogens with zero attached hydrogens (tertiary/aromatic N) is 2. The van der Waals surface area contributed by atoms with Gasteiger partial charge in [0.15, 0.2) is 4.80 Å². The second-order valence-electron chi connectivity index (χ2n) is 5.16. The highest BCUT2D eigenvalue weighted by atomic mass is 35.5. The quantitative estimate of drug-likeness (QED) is 0.773. The van der Waals surface area contributed by atoms with Crippen LogP contribution in [0.3, 0.4) is 0 Å². The molecule has 0 radical (unpaired) electrons. The summed E-state index contributed by atoms with van der Waals surface area (Å²) in [7, 11) is 0. The number of fused-ring (bicyclic) bond motifs is 1. The number of hydrogen-bond acceptors (Lipinski definition) is 3. The summed E-state index contributed by atoms with van der Waals surface area (Å²) in [6.45, 7) is 1.56. The van der Waals surface area contributed by atoms with Gasteiger partial charge in [-0.25, -0.2) is 4.79 Å². The molecule has 0 saturated heterocycles. The number of rotatable bonds is 3. The largest absolute Gasteiger partial charge is 0.480 e. The topological polar surface area (TPSA) is 71.7 Å². The molecule has 1 unspecified atom stereocenters. The Hall–Kier alpha value is -2.44. The van der Waals surface area contributed by atoms with Crippen molar-refractivity contribution in [3.63, 3.8) is 0 Å². The van der Waals surface area contributed by atoms with Crippen LogP contribution in [0.4, 0.5) is 0 Å². The van der Waals surface area contributed by atoms with Crippen LogP contribution in [0.2, 0.25) is 5.02 Å². The lowest BCUT2D eigenvalue weighted by atomic mass is 10.2. The normalized spacial score (nSPS) is 13.2. The van der Waals surface area contributed by atoms with E-state index < -0.39 is 17.9 Å². The predicted molar refractivity (Wildman–Crippen MR) is 93.5 cm³/mol. The molecule has 1 atom stereocenters. The molecule has 122 valence electrons. The van der Waals surface area contributed by atoms with Crippen LogP contribution in [0, 0.1) is 0 Å². The molecule has 0 spiro atoms. The minimum Gasteiger partial charge on any atom is -0.480 e. The summed E-state index contributed by atoms with van der Waals surface area (Å²) in [6.07, 6.45) is 0. The average molecular weight is 361 g/mol. The lowest BCUT2D eigenvalue weighted by Crippen LogP contribution is -2.25. The summed E-state index contributed by atoms with van der Waals surface area (Å²) in [6, 6.07) is 12.9. The van der Waals surface area contributed by atoms with E-state index in [1.807, 2.05) is 24.3 Å². The molecule has 0 fully saturated rings. The maximum Gasteiger partial charge on any atom is 0.326 e. The standard InChI is InChI=1S/C17H13ClN2O3S/c1-10(16(22)23)20-13-4-2-3-5-14(13)24-17(20)19-15(21)11-6-8-12(18)9-7-11/h2-10H,1H3,(H,22,23)/b19-17-. The average Bonchev–Trinajstić information content (AvgIpc) is 2.92. The van der Waals surface area contributed by atoms with Crippen LogP contribution < -0.4 is 4.80 Å². The van der Waals surface area contributed by atoms with Crippen LogP contribution in [0.15, 0.2) is 53.5 Å². The van der Waals surface area contributed by atoms with E-state index in [0.29, 0.717) is 15.4 Å². The Morgan fingerprint density at radius 1 is 1.17 bits per heavy atom. The number of hydrogen-bond donors (Lipinski definition) is 1. The monoisotopic (exact) mass is 360 g/mol. The zero-order valence-corrected chi connectivity index (χ0v) is 14.2. The van der Waals surface area contributed by atoms with Gasteiger partial charge in [-0.1, -0.05) is 35.1 Å². The molecule has 5 nitrogen and oxygen atoms in total. The number of para-hydroxylation sites is 1. The zero-order chi connectivity index (χ0) is 17.3. The predicted octanol–water partition coefficient (Wildman–Crippen LogP) is 3.74. The molecule has 0 bridgehead atoms. The fraction of sp³-hybridized carbons (Fsp3) is 0.118. The summed E-state index contributed by atoms with van der Waals surface area (Å²) in [5, 5.41) is 9.89. The van der Waals surface area contributed by atoms with Gasteiger partial charge >= 0.3 is 5.97 Å². The molecule has 1 heterocycles. The highest BCUT2D eigenvalue weighted by Gasteiger charge is 2.19. The second kappa shape index (κ2) is 6.59. The maximum absolute atomic E-state index is 12.4. The molecule has 0 saturated carbocycles. The molecule has 3 rings (SSSR count). The third-order valence-corrected chi connectivity index (χ3v) is 4.85. The molecule has 1 aromatic heterocycles. The molecule has 0 aliphatic heterocycles. The number of carboxylic acids is 1. The summed E-state index contributed by atoms with van der Waals surface area (Å²) < 4.78 is 2.43. The number of halogens is 1. The van der Waals surface area contributed by atoms with E-state index in [0.717, 1.165) is 10.2 Å². The molecular weight excluding hydrogens is 348 g/mol. The number of aromatic nitrogens is 1. The molecule has 2 aromatic carbocycles. The van der Waals surface area contributed by atoms with E-state index >= 15 is 0 Å². The van der Waals surface area contributed by atoms with Gasteiger partial charge in [-0.05, 0) is 43.3 Å². The fourth-order valence-corrected chi connectivity index (χ4v) is 3.52. The first-order valence-electron chi connectivity index (χ1n) is 7.15. The van der Waals surface area contributed by atoms with Crippen molar-refractivity contribution >= 4 is 45.0 Å². The van der Waals surface area contributed by atoms with Gasteiger partial charge in [0.1, 0.15) is 6.04 Å². The third kappa shape index (κ3) is 3.11. The minimum atomic E-state index is -0.987. The Bertz CT molecular complexity index is 989. The summed E-state index contributed by atoms with van der Waals surface area (Å²) in [4.78, 5) is 28.3. The van der Waals surface area contributed by atoms with Gasteiger partial charge in [-0.2, -0.15) is 4.99 Å². The zero-order valence-electron chi connectivity index (χ0n) is 12.6. The molecule has 1 N–H and O–H groups in total. The SMILES string of the molecule is CC(C(=O)O)n1/c(=N/C(=O)c2ccc(Cl)cc2)sc2ccccc21. The van der Waals surface area contributed by atoms with E-state index in [2.05, 4.69) is 4.99 Å². The molecule has 3 aromatic rings. The van der Waals surface area contributed by atoms with Gasteiger partial charge < -0.3 is 9.67 Å². The van der Waals surface area contributed by atoms with Crippen molar-refractivity contribution in [1.82, 2.24) is 4.57 Å². The Balaban J connectivity index is 2.17. The fourth-order valence-electron chi connectivity index (χ4n) is 2.30. The lowest BCUT2D eigenvalue weighted by Gasteiger charge is -2.09. The number of carbonyl (C=O) groups excluding carboxylic acids is 1. The maximum atomic E-state index is 12.4. The number of aliphatic carboxylic acids is 1. The Labute approximate surface area is 146 Å². The van der Waals surface area contributed by atoms with Crippen molar-refractivity contribution in [2.75, 3.05) is 0 Å². The van der Waals surface area contributed by atoms with E-state index in [9.17, 15) is 14.7 Å². The van der Waals surface area contributed by atoms with Crippen molar-refractivity contribution in [2.45, 2.75) is 13.0 Å². The van der Waals surface area contributed by atoms with Crippen LogP contribution >= 0.6 is 22.9 Å². The number of thiazole rings is 1.